The zero-order valence-corrected chi connectivity index (χ0v) is 5.50. The zero-order valence-electron chi connectivity index (χ0n) is 5.50. The summed E-state index contributed by atoms with van der Waals surface area (Å²) in [5.41, 5.74) is 1.22. The number of rotatable bonds is 2. The van der Waals surface area contributed by atoms with Crippen molar-refractivity contribution in [1.82, 2.24) is 0 Å². The van der Waals surface area contributed by atoms with Crippen LogP contribution in [0.2, 0.25) is 0 Å². The predicted octanol–water partition coefficient (Wildman–Crippen LogP) is 1.83. The minimum absolute atomic E-state index is 0.709. The maximum atomic E-state index is 4.93. The molecule has 0 spiro atoms. The van der Waals surface area contributed by atoms with Crippen molar-refractivity contribution in [2.75, 3.05) is 7.11 Å². The largest absolute Gasteiger partial charge is 0.380 e. The fourth-order valence-electron chi connectivity index (χ4n) is 0.741. The lowest BCUT2D eigenvalue weighted by atomic mass is 10.2. The van der Waals surface area contributed by atoms with E-state index in [1.807, 2.05) is 30.3 Å². The molecule has 1 rings (SSSR count). The van der Waals surface area contributed by atoms with E-state index >= 15 is 0 Å². The first-order valence-electron chi connectivity index (χ1n) is 2.96. The first-order chi connectivity index (χ1) is 4.43. The second-order valence-electron chi connectivity index (χ2n) is 1.92. The van der Waals surface area contributed by atoms with Crippen molar-refractivity contribution < 1.29 is 4.74 Å². The number of hydrogen-bond donors (Lipinski definition) is 0. The predicted molar refractivity (Wildman–Crippen MR) is 37.2 cm³/mol. The molecule has 0 aliphatic heterocycles. The lowest BCUT2D eigenvalue weighted by Gasteiger charge is -1.95. The molecule has 1 aromatic rings. The molecule has 0 amide bonds. The third kappa shape index (κ3) is 1.86. The topological polar surface area (TPSA) is 9.23 Å². The van der Waals surface area contributed by atoms with E-state index in [-0.39, 0.29) is 0 Å². The van der Waals surface area contributed by atoms with Crippen molar-refractivity contribution in [2.45, 2.75) is 6.61 Å². The van der Waals surface area contributed by atoms with Crippen LogP contribution in [0.4, 0.5) is 0 Å². The monoisotopic (exact) mass is 122 g/mol. The Bertz CT molecular complexity index is 157. The summed E-state index contributed by atoms with van der Waals surface area (Å²) in [6.45, 7) is 0.709. The average Bonchev–Trinajstić information content (AvgIpc) is 1.91. The van der Waals surface area contributed by atoms with Crippen LogP contribution >= 0.6 is 0 Å². The number of benzene rings is 1. The minimum atomic E-state index is 0.709. The van der Waals surface area contributed by atoms with Gasteiger partial charge in [0, 0.05) is 7.11 Å². The normalized spacial score (nSPS) is 9.44. The molecule has 0 unspecified atom stereocenters. The summed E-state index contributed by atoms with van der Waals surface area (Å²) < 4.78 is 4.93. The second kappa shape index (κ2) is 3.25. The highest BCUT2D eigenvalue weighted by atomic mass is 16.5. The summed E-state index contributed by atoms with van der Waals surface area (Å²) in [6, 6.07) is 10.1. The summed E-state index contributed by atoms with van der Waals surface area (Å²) >= 11 is 0. The molecule has 1 aromatic carbocycles. The van der Waals surface area contributed by atoms with Crippen molar-refractivity contribution >= 4 is 0 Å². The Morgan fingerprint density at radius 1 is 1.22 bits per heavy atom. The average molecular weight is 122 g/mol. The van der Waals surface area contributed by atoms with Gasteiger partial charge in [0.1, 0.15) is 0 Å². The molecule has 0 bridgehead atoms. The fraction of sp³-hybridized carbons (Fsp3) is 0.250. The number of ether oxygens (including phenoxy) is 1. The quantitative estimate of drug-likeness (QED) is 0.581. The van der Waals surface area contributed by atoms with Gasteiger partial charge < -0.3 is 4.74 Å². The van der Waals surface area contributed by atoms with Gasteiger partial charge in [0.15, 0.2) is 0 Å². The third-order valence-electron chi connectivity index (χ3n) is 1.15. The highest BCUT2D eigenvalue weighted by molar-refractivity contribution is 5.13. The molecular formula is C8H10O. The van der Waals surface area contributed by atoms with E-state index in [1.165, 1.54) is 5.56 Å². The summed E-state index contributed by atoms with van der Waals surface area (Å²) in [5.74, 6) is 0. The van der Waals surface area contributed by atoms with Gasteiger partial charge in [0.25, 0.3) is 0 Å². The lowest BCUT2D eigenvalue weighted by molar-refractivity contribution is 0.185. The van der Waals surface area contributed by atoms with Gasteiger partial charge >= 0.3 is 0 Å². The van der Waals surface area contributed by atoms with E-state index < -0.39 is 0 Å². The number of methoxy groups -OCH3 is 1. The van der Waals surface area contributed by atoms with Gasteiger partial charge in [0.2, 0.25) is 0 Å². The Labute approximate surface area is 55.3 Å². The second-order valence-corrected chi connectivity index (χ2v) is 1.92. The van der Waals surface area contributed by atoms with Crippen LogP contribution in [0, 0.1) is 0 Å². The molecule has 48 valence electrons. The van der Waals surface area contributed by atoms with E-state index in [4.69, 9.17) is 4.74 Å². The van der Waals surface area contributed by atoms with Crippen LogP contribution in [-0.4, -0.2) is 7.11 Å². The van der Waals surface area contributed by atoms with Gasteiger partial charge in [-0.25, -0.2) is 0 Å². The SMILES string of the molecule is COCc1ccccc1. The van der Waals surface area contributed by atoms with Crippen molar-refractivity contribution in [1.29, 1.82) is 0 Å². The van der Waals surface area contributed by atoms with Crippen LogP contribution in [-0.2, 0) is 11.3 Å². The summed E-state index contributed by atoms with van der Waals surface area (Å²) in [4.78, 5) is 0. The summed E-state index contributed by atoms with van der Waals surface area (Å²) in [6.07, 6.45) is 0. The van der Waals surface area contributed by atoms with Gasteiger partial charge in [-0.2, -0.15) is 0 Å². The maximum Gasteiger partial charge on any atom is 0.0713 e. The first-order valence-corrected chi connectivity index (χ1v) is 2.96. The molecule has 9 heavy (non-hydrogen) atoms. The number of hydrogen-bond acceptors (Lipinski definition) is 1. The Kier molecular flexibility index (Phi) is 2.28. The van der Waals surface area contributed by atoms with Crippen molar-refractivity contribution in [2.24, 2.45) is 0 Å². The standard InChI is InChI=1S/C8H10O/c1-9-7-8-5-3-2-4-6-8/h2-6H,7H2,1H3. The smallest absolute Gasteiger partial charge is 0.0713 e. The molecule has 1 heteroatoms. The van der Waals surface area contributed by atoms with Crippen molar-refractivity contribution in [3.63, 3.8) is 0 Å². The van der Waals surface area contributed by atoms with Crippen LogP contribution in [0.15, 0.2) is 30.3 Å². The van der Waals surface area contributed by atoms with Crippen molar-refractivity contribution in [3.05, 3.63) is 35.9 Å². The molecule has 0 saturated heterocycles. The van der Waals surface area contributed by atoms with E-state index in [2.05, 4.69) is 0 Å². The van der Waals surface area contributed by atoms with E-state index in [0.717, 1.165) is 0 Å². The lowest BCUT2D eigenvalue weighted by Crippen LogP contribution is -1.84. The molecule has 0 aliphatic rings. The van der Waals surface area contributed by atoms with Gasteiger partial charge in [-0.3, -0.25) is 0 Å². The van der Waals surface area contributed by atoms with Crippen LogP contribution in [0.5, 0.6) is 0 Å². The van der Waals surface area contributed by atoms with E-state index in [0.29, 0.717) is 6.61 Å². The van der Waals surface area contributed by atoms with Crippen molar-refractivity contribution in [3.8, 4) is 0 Å². The van der Waals surface area contributed by atoms with E-state index in [9.17, 15) is 0 Å². The highest BCUT2D eigenvalue weighted by Gasteiger charge is 1.84. The van der Waals surface area contributed by atoms with Gasteiger partial charge in [0.05, 0.1) is 6.61 Å². The Balaban J connectivity index is 2.61. The maximum absolute atomic E-state index is 4.93. The minimum Gasteiger partial charge on any atom is -0.380 e. The third-order valence-corrected chi connectivity index (χ3v) is 1.15. The molecule has 0 atom stereocenters. The van der Waals surface area contributed by atoms with Crippen LogP contribution in [0.25, 0.3) is 0 Å². The van der Waals surface area contributed by atoms with E-state index in [1.54, 1.807) is 7.11 Å². The Hall–Kier alpha value is -0.820. The molecule has 0 heterocycles. The zero-order chi connectivity index (χ0) is 6.53. The Morgan fingerprint density at radius 2 is 1.89 bits per heavy atom. The van der Waals surface area contributed by atoms with Gasteiger partial charge in [-0.05, 0) is 5.56 Å². The summed E-state index contributed by atoms with van der Waals surface area (Å²) in [7, 11) is 1.70. The molecule has 0 aliphatic carbocycles. The Morgan fingerprint density at radius 3 is 2.44 bits per heavy atom. The molecule has 0 fully saturated rings. The highest BCUT2D eigenvalue weighted by Crippen LogP contribution is 1.98. The van der Waals surface area contributed by atoms with Gasteiger partial charge in [-0.1, -0.05) is 30.3 Å². The molecule has 0 aromatic heterocycles. The van der Waals surface area contributed by atoms with Crippen LogP contribution in [0.1, 0.15) is 5.56 Å². The molecular weight excluding hydrogens is 112 g/mol. The van der Waals surface area contributed by atoms with Crippen LogP contribution < -0.4 is 0 Å². The molecule has 0 saturated carbocycles. The molecule has 0 radical (unpaired) electrons. The molecule has 0 N–H and O–H groups in total. The van der Waals surface area contributed by atoms with Crippen LogP contribution in [0.3, 0.4) is 0 Å². The fourth-order valence-corrected chi connectivity index (χ4v) is 0.741. The first kappa shape index (κ1) is 6.30. The molecule has 1 nitrogen and oxygen atoms in total. The van der Waals surface area contributed by atoms with Gasteiger partial charge in [-0.15, -0.1) is 0 Å². The summed E-state index contributed by atoms with van der Waals surface area (Å²) in [5, 5.41) is 0.